The second-order valence-corrected chi connectivity index (χ2v) is 4.56. The topological polar surface area (TPSA) is 66.5 Å². The molecular formula is C14H16N2O3. The Morgan fingerprint density at radius 2 is 1.79 bits per heavy atom. The molecule has 1 N–H and O–H groups in total. The van der Waals surface area contributed by atoms with Gasteiger partial charge in [0.1, 0.15) is 0 Å². The number of piperidine rings is 1. The molecule has 0 radical (unpaired) electrons. The summed E-state index contributed by atoms with van der Waals surface area (Å²) in [6, 6.07) is 9.12. The molecule has 1 aliphatic rings. The SMILES string of the molecule is O=CC(=O)NC1CCN(C(=O)c2ccccc2)CC1. The lowest BCUT2D eigenvalue weighted by Crippen LogP contribution is -2.46. The van der Waals surface area contributed by atoms with Crippen LogP contribution in [0.3, 0.4) is 0 Å². The summed E-state index contributed by atoms with van der Waals surface area (Å²) in [6.07, 6.45) is 1.64. The lowest BCUT2D eigenvalue weighted by Gasteiger charge is -2.32. The number of rotatable bonds is 3. The van der Waals surface area contributed by atoms with Crippen molar-refractivity contribution in [1.29, 1.82) is 0 Å². The first kappa shape index (κ1) is 13.3. The number of likely N-dealkylation sites (tertiary alicyclic amines) is 1. The van der Waals surface area contributed by atoms with Gasteiger partial charge in [0, 0.05) is 24.7 Å². The van der Waals surface area contributed by atoms with Gasteiger partial charge in [0.25, 0.3) is 11.8 Å². The van der Waals surface area contributed by atoms with Crippen LogP contribution in [0.5, 0.6) is 0 Å². The molecule has 0 unspecified atom stereocenters. The van der Waals surface area contributed by atoms with Crippen molar-refractivity contribution in [2.45, 2.75) is 18.9 Å². The van der Waals surface area contributed by atoms with E-state index >= 15 is 0 Å². The Labute approximate surface area is 111 Å². The molecule has 5 nitrogen and oxygen atoms in total. The zero-order chi connectivity index (χ0) is 13.7. The van der Waals surface area contributed by atoms with Crippen LogP contribution >= 0.6 is 0 Å². The quantitative estimate of drug-likeness (QED) is 0.639. The van der Waals surface area contributed by atoms with Gasteiger partial charge in [0.2, 0.25) is 6.29 Å². The Bertz CT molecular complexity index is 465. The number of aldehydes is 1. The van der Waals surface area contributed by atoms with Crippen LogP contribution < -0.4 is 5.32 Å². The third kappa shape index (κ3) is 3.40. The molecule has 0 saturated carbocycles. The number of nitrogens with zero attached hydrogens (tertiary/aromatic N) is 1. The van der Waals surface area contributed by atoms with Crippen molar-refractivity contribution >= 4 is 18.1 Å². The maximum absolute atomic E-state index is 12.2. The number of hydrogen-bond acceptors (Lipinski definition) is 3. The smallest absolute Gasteiger partial charge is 0.284 e. The number of benzene rings is 1. The number of carbonyl (C=O) groups is 3. The fourth-order valence-electron chi connectivity index (χ4n) is 2.23. The van der Waals surface area contributed by atoms with Crippen LogP contribution in [0.1, 0.15) is 23.2 Å². The van der Waals surface area contributed by atoms with Crippen LogP contribution in [-0.4, -0.2) is 42.1 Å². The highest BCUT2D eigenvalue weighted by molar-refractivity contribution is 6.23. The molecular weight excluding hydrogens is 244 g/mol. The van der Waals surface area contributed by atoms with Crippen LogP contribution in [0.4, 0.5) is 0 Å². The fourth-order valence-corrected chi connectivity index (χ4v) is 2.23. The summed E-state index contributed by atoms with van der Waals surface area (Å²) in [6.45, 7) is 1.19. The average Bonchev–Trinajstić information content (AvgIpc) is 2.48. The fraction of sp³-hybridized carbons (Fsp3) is 0.357. The van der Waals surface area contributed by atoms with Gasteiger partial charge in [-0.15, -0.1) is 0 Å². The van der Waals surface area contributed by atoms with E-state index in [1.54, 1.807) is 17.0 Å². The molecule has 19 heavy (non-hydrogen) atoms. The molecule has 1 aromatic carbocycles. The first-order valence-electron chi connectivity index (χ1n) is 6.30. The Balaban J connectivity index is 1.88. The summed E-state index contributed by atoms with van der Waals surface area (Å²) >= 11 is 0. The molecule has 2 rings (SSSR count). The maximum Gasteiger partial charge on any atom is 0.284 e. The normalized spacial score (nSPS) is 15.9. The summed E-state index contributed by atoms with van der Waals surface area (Å²) in [5, 5.41) is 2.62. The van der Waals surface area contributed by atoms with Crippen LogP contribution in [0.2, 0.25) is 0 Å². The van der Waals surface area contributed by atoms with Crippen molar-refractivity contribution in [2.24, 2.45) is 0 Å². The van der Waals surface area contributed by atoms with Crippen molar-refractivity contribution in [3.05, 3.63) is 35.9 Å². The van der Waals surface area contributed by atoms with Gasteiger partial charge in [-0.25, -0.2) is 0 Å². The summed E-state index contributed by atoms with van der Waals surface area (Å²) < 4.78 is 0. The monoisotopic (exact) mass is 260 g/mol. The summed E-state index contributed by atoms with van der Waals surface area (Å²) in [4.78, 5) is 35.2. The zero-order valence-corrected chi connectivity index (χ0v) is 10.5. The number of carbonyl (C=O) groups excluding carboxylic acids is 3. The predicted octanol–water partition coefficient (Wildman–Crippen LogP) is 0.606. The predicted molar refractivity (Wildman–Crippen MR) is 69.6 cm³/mol. The van der Waals surface area contributed by atoms with E-state index in [9.17, 15) is 14.4 Å². The second-order valence-electron chi connectivity index (χ2n) is 4.56. The van der Waals surface area contributed by atoms with Gasteiger partial charge in [-0.1, -0.05) is 18.2 Å². The molecule has 0 aliphatic carbocycles. The van der Waals surface area contributed by atoms with Crippen molar-refractivity contribution < 1.29 is 14.4 Å². The van der Waals surface area contributed by atoms with Crippen LogP contribution in [0, 0.1) is 0 Å². The van der Waals surface area contributed by atoms with E-state index < -0.39 is 5.91 Å². The number of amides is 2. The lowest BCUT2D eigenvalue weighted by atomic mass is 10.0. The highest BCUT2D eigenvalue weighted by Crippen LogP contribution is 2.13. The molecule has 2 amide bonds. The van der Waals surface area contributed by atoms with Crippen molar-refractivity contribution in [3.8, 4) is 0 Å². The summed E-state index contributed by atoms with van der Waals surface area (Å²) in [5.41, 5.74) is 0.679. The van der Waals surface area contributed by atoms with Gasteiger partial charge in [0.15, 0.2) is 0 Å². The van der Waals surface area contributed by atoms with E-state index in [2.05, 4.69) is 5.32 Å². The summed E-state index contributed by atoms with van der Waals surface area (Å²) in [5.74, 6) is -0.575. The molecule has 100 valence electrons. The molecule has 1 aromatic rings. The molecule has 1 saturated heterocycles. The molecule has 0 bridgehead atoms. The third-order valence-electron chi connectivity index (χ3n) is 3.26. The first-order valence-corrected chi connectivity index (χ1v) is 6.30. The minimum Gasteiger partial charge on any atom is -0.347 e. The van der Waals surface area contributed by atoms with Crippen molar-refractivity contribution in [1.82, 2.24) is 10.2 Å². The molecule has 0 aromatic heterocycles. The van der Waals surface area contributed by atoms with Gasteiger partial charge in [-0.3, -0.25) is 14.4 Å². The minimum atomic E-state index is -0.590. The molecule has 1 heterocycles. The highest BCUT2D eigenvalue weighted by atomic mass is 16.2. The molecule has 0 atom stereocenters. The zero-order valence-electron chi connectivity index (χ0n) is 10.5. The minimum absolute atomic E-state index is 0.0146. The maximum atomic E-state index is 12.2. The Kier molecular flexibility index (Phi) is 4.28. The van der Waals surface area contributed by atoms with E-state index in [1.165, 1.54) is 0 Å². The van der Waals surface area contributed by atoms with Gasteiger partial charge < -0.3 is 10.2 Å². The third-order valence-corrected chi connectivity index (χ3v) is 3.26. The van der Waals surface area contributed by atoms with Crippen molar-refractivity contribution in [3.63, 3.8) is 0 Å². The molecule has 5 heteroatoms. The average molecular weight is 260 g/mol. The standard InChI is InChI=1S/C14H16N2O3/c17-10-13(18)15-12-6-8-16(9-7-12)14(19)11-4-2-1-3-5-11/h1-5,10,12H,6-9H2,(H,15,18). The van der Waals surface area contributed by atoms with E-state index in [1.807, 2.05) is 18.2 Å². The Morgan fingerprint density at radius 3 is 2.37 bits per heavy atom. The lowest BCUT2D eigenvalue weighted by molar-refractivity contribution is -0.132. The van der Waals surface area contributed by atoms with E-state index in [0.717, 1.165) is 0 Å². The Hall–Kier alpha value is -2.17. The van der Waals surface area contributed by atoms with Gasteiger partial charge >= 0.3 is 0 Å². The Morgan fingerprint density at radius 1 is 1.16 bits per heavy atom. The summed E-state index contributed by atoms with van der Waals surface area (Å²) in [7, 11) is 0. The van der Waals surface area contributed by atoms with Crippen LogP contribution in [-0.2, 0) is 9.59 Å². The molecule has 1 fully saturated rings. The van der Waals surface area contributed by atoms with Gasteiger partial charge in [-0.05, 0) is 25.0 Å². The van der Waals surface area contributed by atoms with Crippen LogP contribution in [0.15, 0.2) is 30.3 Å². The second kappa shape index (κ2) is 6.13. The van der Waals surface area contributed by atoms with Crippen molar-refractivity contribution in [2.75, 3.05) is 13.1 Å². The first-order chi connectivity index (χ1) is 9.20. The number of nitrogens with one attached hydrogen (secondary N) is 1. The van der Waals surface area contributed by atoms with E-state index in [-0.39, 0.29) is 18.2 Å². The van der Waals surface area contributed by atoms with Gasteiger partial charge in [-0.2, -0.15) is 0 Å². The van der Waals surface area contributed by atoms with Gasteiger partial charge in [0.05, 0.1) is 0 Å². The highest BCUT2D eigenvalue weighted by Gasteiger charge is 2.24. The largest absolute Gasteiger partial charge is 0.347 e. The van der Waals surface area contributed by atoms with Crippen LogP contribution in [0.25, 0.3) is 0 Å². The number of hydrogen-bond donors (Lipinski definition) is 1. The molecule has 1 aliphatic heterocycles. The molecule has 0 spiro atoms. The van der Waals surface area contributed by atoms with E-state index in [4.69, 9.17) is 0 Å². The van der Waals surface area contributed by atoms with E-state index in [0.29, 0.717) is 31.5 Å².